The van der Waals surface area contributed by atoms with Gasteiger partial charge in [0, 0.05) is 12.7 Å². The highest BCUT2D eigenvalue weighted by Gasteiger charge is 2.03. The van der Waals surface area contributed by atoms with Crippen LogP contribution in [0.15, 0.2) is 16.7 Å². The second-order valence-electron chi connectivity index (χ2n) is 3.35. The van der Waals surface area contributed by atoms with Crippen molar-refractivity contribution in [1.82, 2.24) is 4.98 Å². The van der Waals surface area contributed by atoms with Gasteiger partial charge in [0.05, 0.1) is 10.6 Å². The van der Waals surface area contributed by atoms with E-state index in [4.69, 9.17) is 5.11 Å². The van der Waals surface area contributed by atoms with Crippen LogP contribution in [0.2, 0.25) is 0 Å². The molecule has 0 fully saturated rings. The third kappa shape index (κ3) is 3.27. The molecule has 0 aliphatic carbocycles. The Morgan fingerprint density at radius 1 is 1.64 bits per heavy atom. The molecule has 1 aromatic heterocycles. The van der Waals surface area contributed by atoms with Gasteiger partial charge in [-0.15, -0.1) is 0 Å². The van der Waals surface area contributed by atoms with Crippen molar-refractivity contribution in [2.45, 2.75) is 26.4 Å². The van der Waals surface area contributed by atoms with Crippen LogP contribution >= 0.6 is 15.9 Å². The van der Waals surface area contributed by atoms with Crippen LogP contribution in [0.1, 0.15) is 18.9 Å². The van der Waals surface area contributed by atoms with Crippen LogP contribution in [0.3, 0.4) is 0 Å². The van der Waals surface area contributed by atoms with Gasteiger partial charge in [0.15, 0.2) is 0 Å². The largest absolute Gasteiger partial charge is 0.393 e. The standard InChI is InChI=1S/C10H15BrN2O/c1-7-3-5-12-10(9(7)11)13-6-4-8(2)14/h3,5,8,14H,4,6H2,1-2H3,(H,12,13). The summed E-state index contributed by atoms with van der Waals surface area (Å²) in [6, 6.07) is 1.95. The fourth-order valence-electron chi connectivity index (χ4n) is 1.06. The normalized spacial score (nSPS) is 12.6. The monoisotopic (exact) mass is 258 g/mol. The third-order valence-electron chi connectivity index (χ3n) is 1.94. The van der Waals surface area contributed by atoms with Crippen molar-refractivity contribution in [2.24, 2.45) is 0 Å². The van der Waals surface area contributed by atoms with Crippen molar-refractivity contribution in [3.63, 3.8) is 0 Å². The van der Waals surface area contributed by atoms with Crippen LogP contribution in [-0.4, -0.2) is 22.7 Å². The summed E-state index contributed by atoms with van der Waals surface area (Å²) in [4.78, 5) is 4.20. The maximum Gasteiger partial charge on any atom is 0.140 e. The molecule has 78 valence electrons. The molecule has 0 amide bonds. The topological polar surface area (TPSA) is 45.2 Å². The zero-order valence-electron chi connectivity index (χ0n) is 8.42. The Balaban J connectivity index is 2.54. The lowest BCUT2D eigenvalue weighted by molar-refractivity contribution is 0.188. The lowest BCUT2D eigenvalue weighted by atomic mass is 10.2. The lowest BCUT2D eigenvalue weighted by Crippen LogP contribution is -2.11. The van der Waals surface area contributed by atoms with E-state index in [-0.39, 0.29) is 6.10 Å². The van der Waals surface area contributed by atoms with Crippen LogP contribution in [0.25, 0.3) is 0 Å². The Hall–Kier alpha value is -0.610. The van der Waals surface area contributed by atoms with Gasteiger partial charge in [-0.1, -0.05) is 0 Å². The van der Waals surface area contributed by atoms with E-state index >= 15 is 0 Å². The molecule has 1 atom stereocenters. The van der Waals surface area contributed by atoms with E-state index < -0.39 is 0 Å². The molecule has 1 unspecified atom stereocenters. The first kappa shape index (κ1) is 11.5. The number of rotatable bonds is 4. The summed E-state index contributed by atoms with van der Waals surface area (Å²) in [6.07, 6.45) is 2.22. The van der Waals surface area contributed by atoms with Gasteiger partial charge in [-0.25, -0.2) is 4.98 Å². The zero-order valence-corrected chi connectivity index (χ0v) is 10.0. The van der Waals surface area contributed by atoms with Gasteiger partial charge in [0.1, 0.15) is 5.82 Å². The number of aliphatic hydroxyl groups excluding tert-OH is 1. The SMILES string of the molecule is Cc1ccnc(NCCC(C)O)c1Br. The predicted octanol–water partition coefficient (Wildman–Crippen LogP) is 2.34. The van der Waals surface area contributed by atoms with Crippen molar-refractivity contribution in [2.75, 3.05) is 11.9 Å². The number of nitrogens with zero attached hydrogens (tertiary/aromatic N) is 1. The average Bonchev–Trinajstić information content (AvgIpc) is 2.12. The van der Waals surface area contributed by atoms with Crippen molar-refractivity contribution in [3.8, 4) is 0 Å². The number of nitrogens with one attached hydrogen (secondary N) is 1. The minimum absolute atomic E-state index is 0.272. The van der Waals surface area contributed by atoms with Crippen molar-refractivity contribution in [1.29, 1.82) is 0 Å². The zero-order chi connectivity index (χ0) is 10.6. The van der Waals surface area contributed by atoms with E-state index in [1.54, 1.807) is 13.1 Å². The molecule has 14 heavy (non-hydrogen) atoms. The summed E-state index contributed by atoms with van der Waals surface area (Å²) in [5.41, 5.74) is 1.15. The molecule has 3 nitrogen and oxygen atoms in total. The summed E-state index contributed by atoms with van der Waals surface area (Å²) in [5, 5.41) is 12.2. The molecular formula is C10H15BrN2O. The van der Waals surface area contributed by atoms with Crippen molar-refractivity contribution < 1.29 is 5.11 Å². The van der Waals surface area contributed by atoms with E-state index in [2.05, 4.69) is 26.2 Å². The number of aryl methyl sites for hydroxylation is 1. The molecule has 1 heterocycles. The highest BCUT2D eigenvalue weighted by molar-refractivity contribution is 9.10. The molecule has 0 radical (unpaired) electrons. The minimum Gasteiger partial charge on any atom is -0.393 e. The molecule has 0 aliphatic heterocycles. The molecule has 0 aromatic carbocycles. The molecule has 0 spiro atoms. The highest BCUT2D eigenvalue weighted by Crippen LogP contribution is 2.22. The summed E-state index contributed by atoms with van der Waals surface area (Å²) < 4.78 is 0.991. The molecule has 1 rings (SSSR count). The Kier molecular flexibility index (Phi) is 4.35. The number of anilines is 1. The second kappa shape index (κ2) is 5.32. The summed E-state index contributed by atoms with van der Waals surface area (Å²) in [7, 11) is 0. The smallest absolute Gasteiger partial charge is 0.140 e. The Labute approximate surface area is 92.7 Å². The quantitative estimate of drug-likeness (QED) is 0.872. The number of pyridine rings is 1. The molecule has 0 saturated heterocycles. The summed E-state index contributed by atoms with van der Waals surface area (Å²) in [5.74, 6) is 0.839. The number of hydrogen-bond donors (Lipinski definition) is 2. The second-order valence-corrected chi connectivity index (χ2v) is 4.15. The molecule has 0 aliphatic rings. The first-order valence-electron chi connectivity index (χ1n) is 4.64. The van der Waals surface area contributed by atoms with Crippen molar-refractivity contribution in [3.05, 3.63) is 22.3 Å². The third-order valence-corrected chi connectivity index (χ3v) is 2.94. The fraction of sp³-hybridized carbons (Fsp3) is 0.500. The fourth-order valence-corrected chi connectivity index (χ4v) is 1.44. The van der Waals surface area contributed by atoms with Crippen LogP contribution in [0.4, 0.5) is 5.82 Å². The van der Waals surface area contributed by atoms with E-state index in [0.29, 0.717) is 0 Å². The Morgan fingerprint density at radius 3 is 3.00 bits per heavy atom. The molecule has 0 saturated carbocycles. The van der Waals surface area contributed by atoms with E-state index in [1.165, 1.54) is 0 Å². The first-order valence-corrected chi connectivity index (χ1v) is 5.43. The molecule has 0 bridgehead atoms. The molecule has 1 aromatic rings. The summed E-state index contributed by atoms with van der Waals surface area (Å²) >= 11 is 3.46. The van der Waals surface area contributed by atoms with E-state index in [9.17, 15) is 0 Å². The predicted molar refractivity (Wildman–Crippen MR) is 61.5 cm³/mol. The number of hydrogen-bond acceptors (Lipinski definition) is 3. The van der Waals surface area contributed by atoms with Gasteiger partial charge in [0.25, 0.3) is 0 Å². The van der Waals surface area contributed by atoms with Gasteiger partial charge in [-0.3, -0.25) is 0 Å². The Morgan fingerprint density at radius 2 is 2.36 bits per heavy atom. The number of halogens is 1. The van der Waals surface area contributed by atoms with Crippen molar-refractivity contribution >= 4 is 21.7 Å². The van der Waals surface area contributed by atoms with E-state index in [1.807, 2.05) is 13.0 Å². The van der Waals surface area contributed by atoms with Crippen LogP contribution in [0, 0.1) is 6.92 Å². The van der Waals surface area contributed by atoms with Gasteiger partial charge in [-0.2, -0.15) is 0 Å². The lowest BCUT2D eigenvalue weighted by Gasteiger charge is -2.09. The molecule has 2 N–H and O–H groups in total. The number of aliphatic hydroxyl groups is 1. The highest BCUT2D eigenvalue weighted by atomic mass is 79.9. The minimum atomic E-state index is -0.272. The van der Waals surface area contributed by atoms with Crippen LogP contribution in [-0.2, 0) is 0 Å². The van der Waals surface area contributed by atoms with Gasteiger partial charge in [0.2, 0.25) is 0 Å². The Bertz CT molecular complexity index is 302. The van der Waals surface area contributed by atoms with Crippen LogP contribution < -0.4 is 5.32 Å². The summed E-state index contributed by atoms with van der Waals surface area (Å²) in [6.45, 7) is 4.53. The van der Waals surface area contributed by atoms with E-state index in [0.717, 1.165) is 28.8 Å². The molecular weight excluding hydrogens is 244 g/mol. The molecule has 4 heteroatoms. The average molecular weight is 259 g/mol. The number of aromatic nitrogens is 1. The first-order chi connectivity index (χ1) is 6.61. The van der Waals surface area contributed by atoms with Crippen LogP contribution in [0.5, 0.6) is 0 Å². The van der Waals surface area contributed by atoms with Gasteiger partial charge >= 0.3 is 0 Å². The maximum atomic E-state index is 9.08. The maximum absolute atomic E-state index is 9.08. The van der Waals surface area contributed by atoms with Gasteiger partial charge < -0.3 is 10.4 Å². The van der Waals surface area contributed by atoms with Gasteiger partial charge in [-0.05, 0) is 47.8 Å².